The standard InChI is InChI=1S/C21H18N4O5S/c26-17(22-11-15-7-4-9-30-15)12-25-20(28)19-16(8-10-31-19)24(21(25)29)13-18(27)23-14-5-2-1-3-6-14/h1-10,19H,11-13H2,(H-,22,23,26,27)/p+1. The van der Waals surface area contributed by atoms with Gasteiger partial charge in [0, 0.05) is 5.69 Å². The number of allylic oxidation sites excluding steroid dienone is 1. The molecule has 0 saturated heterocycles. The average molecular weight is 439 g/mol. The van der Waals surface area contributed by atoms with E-state index in [0.717, 1.165) is 4.90 Å². The quantitative estimate of drug-likeness (QED) is 0.634. The Morgan fingerprint density at radius 3 is 2.65 bits per heavy atom. The number of rotatable bonds is 7. The van der Waals surface area contributed by atoms with E-state index in [0.29, 0.717) is 17.2 Å². The Bertz CT molecular complexity index is 1080. The van der Waals surface area contributed by atoms with Crippen LogP contribution in [0.3, 0.4) is 0 Å². The zero-order chi connectivity index (χ0) is 21.8. The summed E-state index contributed by atoms with van der Waals surface area (Å²) >= 11 is 1.23. The van der Waals surface area contributed by atoms with Crippen LogP contribution in [0.4, 0.5) is 10.5 Å². The number of carbonyl (C=O) groups is 4. The molecule has 0 spiro atoms. The minimum absolute atomic E-state index is 0.141. The van der Waals surface area contributed by atoms with Gasteiger partial charge >= 0.3 is 11.9 Å². The molecular formula is C21H19N4O5S+. The second-order valence-electron chi connectivity index (χ2n) is 6.81. The summed E-state index contributed by atoms with van der Waals surface area (Å²) in [5.74, 6) is -0.850. The number of urea groups is 1. The van der Waals surface area contributed by atoms with Crippen molar-refractivity contribution < 1.29 is 28.2 Å². The maximum Gasteiger partial charge on any atom is 0.501 e. The highest BCUT2D eigenvalue weighted by Crippen LogP contribution is 2.27. The first-order valence-electron chi connectivity index (χ1n) is 9.48. The Labute approximate surface area is 181 Å². The van der Waals surface area contributed by atoms with Crippen molar-refractivity contribution in [1.82, 2.24) is 10.2 Å². The first-order valence-corrected chi connectivity index (χ1v) is 10.4. The van der Waals surface area contributed by atoms with Crippen molar-refractivity contribution in [2.45, 2.75) is 11.8 Å². The van der Waals surface area contributed by atoms with E-state index >= 15 is 0 Å². The third-order valence-corrected chi connectivity index (χ3v) is 5.70. The number of hydrogen-bond donors (Lipinski definition) is 2. The van der Waals surface area contributed by atoms with E-state index in [1.807, 2.05) is 6.07 Å². The summed E-state index contributed by atoms with van der Waals surface area (Å²) in [4.78, 5) is 51.6. The number of anilines is 1. The molecule has 31 heavy (non-hydrogen) atoms. The molecule has 1 atom stereocenters. The second-order valence-corrected chi connectivity index (χ2v) is 7.82. The molecule has 10 heteroatoms. The molecule has 0 aliphatic carbocycles. The number of hydrogen-bond acceptors (Lipinski definition) is 6. The van der Waals surface area contributed by atoms with Gasteiger partial charge in [0.2, 0.25) is 0 Å². The molecule has 0 fully saturated rings. The number of carbonyl (C=O) groups excluding carboxylic acids is 4. The fourth-order valence-electron chi connectivity index (χ4n) is 3.22. The maximum atomic E-state index is 13.0. The molecular weight excluding hydrogens is 420 g/mol. The number of para-hydroxylation sites is 1. The van der Waals surface area contributed by atoms with Crippen LogP contribution in [0.5, 0.6) is 0 Å². The molecule has 2 aliphatic heterocycles. The number of fused-ring (bicyclic) bond motifs is 1. The lowest BCUT2D eigenvalue weighted by atomic mass is 10.1. The van der Waals surface area contributed by atoms with Gasteiger partial charge in [0.15, 0.2) is 18.3 Å². The molecule has 4 rings (SSSR count). The van der Waals surface area contributed by atoms with Gasteiger partial charge in [0.25, 0.3) is 11.8 Å². The van der Waals surface area contributed by atoms with E-state index in [1.54, 1.807) is 47.9 Å². The lowest BCUT2D eigenvalue weighted by Gasteiger charge is -2.23. The summed E-state index contributed by atoms with van der Waals surface area (Å²) in [7, 11) is 0. The molecule has 3 heterocycles. The summed E-state index contributed by atoms with van der Waals surface area (Å²) < 4.78 is 6.39. The van der Waals surface area contributed by atoms with Crippen LogP contribution in [0.25, 0.3) is 0 Å². The predicted molar refractivity (Wildman–Crippen MR) is 113 cm³/mol. The first-order chi connectivity index (χ1) is 15.0. The Kier molecular flexibility index (Phi) is 5.99. The number of benzene rings is 1. The van der Waals surface area contributed by atoms with E-state index in [2.05, 4.69) is 10.6 Å². The van der Waals surface area contributed by atoms with Crippen LogP contribution in [0.1, 0.15) is 5.76 Å². The molecule has 9 nitrogen and oxygen atoms in total. The van der Waals surface area contributed by atoms with Crippen LogP contribution < -0.4 is 10.6 Å². The van der Waals surface area contributed by atoms with Crippen molar-refractivity contribution in [2.75, 3.05) is 18.4 Å². The zero-order valence-electron chi connectivity index (χ0n) is 16.3. The largest absolute Gasteiger partial charge is 0.501 e. The molecule has 1 aromatic heterocycles. The van der Waals surface area contributed by atoms with Crippen molar-refractivity contribution in [2.24, 2.45) is 0 Å². The SMILES string of the molecule is O=C(CN1C(=O)C2SC=CC2=[N+](CC(=O)Nc2ccccc2)C1=O)NCc1ccco1. The minimum Gasteiger partial charge on any atom is -0.467 e. The number of thioether (sulfide) groups is 1. The van der Waals surface area contributed by atoms with Crippen molar-refractivity contribution in [3.63, 3.8) is 0 Å². The Hall–Kier alpha value is -3.66. The maximum absolute atomic E-state index is 13.0. The van der Waals surface area contributed by atoms with Crippen molar-refractivity contribution >= 4 is 46.9 Å². The lowest BCUT2D eigenvalue weighted by molar-refractivity contribution is -0.425. The highest BCUT2D eigenvalue weighted by atomic mass is 32.2. The van der Waals surface area contributed by atoms with Crippen LogP contribution in [0.2, 0.25) is 0 Å². The number of amides is 5. The summed E-state index contributed by atoms with van der Waals surface area (Å²) in [5, 5.41) is 6.37. The van der Waals surface area contributed by atoms with Crippen LogP contribution in [0, 0.1) is 0 Å². The molecule has 2 aromatic rings. The molecule has 158 valence electrons. The van der Waals surface area contributed by atoms with Gasteiger partial charge in [-0.15, -0.1) is 16.7 Å². The summed E-state index contributed by atoms with van der Waals surface area (Å²) in [5.41, 5.74) is 1.04. The Morgan fingerprint density at radius 2 is 1.90 bits per heavy atom. The lowest BCUT2D eigenvalue weighted by Crippen LogP contribution is -2.58. The third-order valence-electron chi connectivity index (χ3n) is 4.69. The number of imide groups is 1. The molecule has 5 amide bonds. The van der Waals surface area contributed by atoms with Crippen LogP contribution in [0.15, 0.2) is 64.6 Å². The van der Waals surface area contributed by atoms with Crippen LogP contribution in [-0.2, 0) is 20.9 Å². The van der Waals surface area contributed by atoms with Crippen LogP contribution in [-0.4, -0.2) is 57.3 Å². The second kappa shape index (κ2) is 9.00. The van der Waals surface area contributed by atoms with E-state index in [1.165, 1.54) is 22.6 Å². The molecule has 0 bridgehead atoms. The molecule has 2 N–H and O–H groups in total. The third kappa shape index (κ3) is 4.58. The number of nitrogens with zero attached hydrogens (tertiary/aromatic N) is 2. The van der Waals surface area contributed by atoms with Crippen molar-refractivity contribution in [3.05, 3.63) is 66.0 Å². The van der Waals surface area contributed by atoms with Crippen molar-refractivity contribution in [3.8, 4) is 0 Å². The average Bonchev–Trinajstić information content (AvgIpc) is 3.46. The predicted octanol–water partition coefficient (Wildman–Crippen LogP) is 1.58. The smallest absolute Gasteiger partial charge is 0.467 e. The Morgan fingerprint density at radius 1 is 1.10 bits per heavy atom. The van der Waals surface area contributed by atoms with E-state index < -0.39 is 35.5 Å². The van der Waals surface area contributed by atoms with Gasteiger partial charge in [-0.2, -0.15) is 9.37 Å². The molecule has 0 saturated carbocycles. The molecule has 1 aromatic carbocycles. The first kappa shape index (κ1) is 20.6. The summed E-state index contributed by atoms with van der Waals surface area (Å²) in [6, 6.07) is 11.5. The highest BCUT2D eigenvalue weighted by Gasteiger charge is 2.50. The molecule has 2 aliphatic rings. The summed E-state index contributed by atoms with van der Waals surface area (Å²) in [6.07, 6.45) is 3.13. The number of furan rings is 1. The summed E-state index contributed by atoms with van der Waals surface area (Å²) in [6.45, 7) is -0.579. The van der Waals surface area contributed by atoms with Gasteiger partial charge in [-0.25, -0.2) is 4.79 Å². The number of nitrogens with one attached hydrogen (secondary N) is 2. The normalized spacial score (nSPS) is 17.7. The zero-order valence-corrected chi connectivity index (χ0v) is 17.1. The highest BCUT2D eigenvalue weighted by molar-refractivity contribution is 8.04. The van der Waals surface area contributed by atoms with Gasteiger partial charge in [-0.1, -0.05) is 18.2 Å². The van der Waals surface area contributed by atoms with Gasteiger partial charge < -0.3 is 15.1 Å². The molecule has 1 unspecified atom stereocenters. The topological polar surface area (TPSA) is 112 Å². The van der Waals surface area contributed by atoms with E-state index in [-0.39, 0.29) is 13.1 Å². The van der Waals surface area contributed by atoms with Gasteiger partial charge in [-0.3, -0.25) is 9.59 Å². The van der Waals surface area contributed by atoms with Gasteiger partial charge in [-0.05, 0) is 35.7 Å². The molecule has 0 radical (unpaired) electrons. The Balaban J connectivity index is 1.47. The van der Waals surface area contributed by atoms with Crippen LogP contribution >= 0.6 is 11.8 Å². The van der Waals surface area contributed by atoms with Gasteiger partial charge in [0.1, 0.15) is 11.5 Å². The van der Waals surface area contributed by atoms with Crippen molar-refractivity contribution in [1.29, 1.82) is 0 Å². The van der Waals surface area contributed by atoms with Gasteiger partial charge in [0.05, 0.1) is 12.8 Å². The fourth-order valence-corrected chi connectivity index (χ4v) is 4.19. The van der Waals surface area contributed by atoms with E-state index in [4.69, 9.17) is 4.42 Å². The fraction of sp³-hybridized carbons (Fsp3) is 0.190. The monoisotopic (exact) mass is 439 g/mol. The minimum atomic E-state index is -0.709. The van der Waals surface area contributed by atoms with E-state index in [9.17, 15) is 19.2 Å².